The zero-order chi connectivity index (χ0) is 13.9. The summed E-state index contributed by atoms with van der Waals surface area (Å²) in [6.07, 6.45) is 7.01. The van der Waals surface area contributed by atoms with Crippen LogP contribution in [0.2, 0.25) is 0 Å². The first-order valence-corrected chi connectivity index (χ1v) is 7.64. The maximum absolute atomic E-state index is 4.20. The van der Waals surface area contributed by atoms with Gasteiger partial charge in [-0.25, -0.2) is 0 Å². The van der Waals surface area contributed by atoms with E-state index in [0.29, 0.717) is 4.83 Å². The smallest absolute Gasteiger partial charge is 0.0565 e. The lowest BCUT2D eigenvalue weighted by Crippen LogP contribution is -1.89. The second-order valence-electron chi connectivity index (χ2n) is 4.20. The van der Waals surface area contributed by atoms with Crippen LogP contribution in [0, 0.1) is 0 Å². The molecule has 0 aliphatic rings. The van der Waals surface area contributed by atoms with Crippen molar-refractivity contribution in [3.63, 3.8) is 0 Å². The zero-order valence-electron chi connectivity index (χ0n) is 11.6. The number of pyridine rings is 2. The van der Waals surface area contributed by atoms with Crippen LogP contribution in [0.4, 0.5) is 0 Å². The fourth-order valence-electron chi connectivity index (χ4n) is 1.57. The van der Waals surface area contributed by atoms with Gasteiger partial charge in [-0.1, -0.05) is 48.3 Å². The Kier molecular flexibility index (Phi) is 8.07. The standard InChI is InChI=1S/C8H10BrN.C8H11N/c1-2-7(9)8-5-3-4-6-10-8;1-2-5-8-6-3-4-7-9-8/h3-7H,2H2,1H3;3-4,6-7H,2,5H2,1H3. The Morgan fingerprint density at radius 2 is 1.68 bits per heavy atom. The van der Waals surface area contributed by atoms with Crippen molar-refractivity contribution in [1.82, 2.24) is 9.97 Å². The Labute approximate surface area is 124 Å². The van der Waals surface area contributed by atoms with Crippen LogP contribution in [0.1, 0.15) is 42.9 Å². The van der Waals surface area contributed by atoms with E-state index in [9.17, 15) is 0 Å². The molecule has 0 N–H and O–H groups in total. The lowest BCUT2D eigenvalue weighted by atomic mass is 10.2. The Hall–Kier alpha value is -1.22. The van der Waals surface area contributed by atoms with Gasteiger partial charge in [0.2, 0.25) is 0 Å². The molecule has 0 aliphatic heterocycles. The first-order chi connectivity index (χ1) is 9.27. The van der Waals surface area contributed by atoms with E-state index in [1.165, 1.54) is 12.1 Å². The maximum Gasteiger partial charge on any atom is 0.0565 e. The molecule has 0 saturated carbocycles. The van der Waals surface area contributed by atoms with Crippen LogP contribution in [-0.4, -0.2) is 9.97 Å². The first kappa shape index (κ1) is 15.8. The molecule has 0 bridgehead atoms. The van der Waals surface area contributed by atoms with Gasteiger partial charge in [0, 0.05) is 18.1 Å². The first-order valence-electron chi connectivity index (χ1n) is 6.72. The van der Waals surface area contributed by atoms with E-state index in [0.717, 1.165) is 18.5 Å². The van der Waals surface area contributed by atoms with E-state index in [2.05, 4.69) is 45.8 Å². The molecule has 2 aromatic rings. The van der Waals surface area contributed by atoms with Crippen LogP contribution in [-0.2, 0) is 6.42 Å². The Bertz CT molecular complexity index is 431. The number of nitrogens with zero attached hydrogens (tertiary/aromatic N) is 2. The minimum absolute atomic E-state index is 0.411. The molecule has 2 rings (SSSR count). The summed E-state index contributed by atoms with van der Waals surface area (Å²) in [7, 11) is 0. The van der Waals surface area contributed by atoms with Gasteiger partial charge in [0.1, 0.15) is 0 Å². The molecule has 0 amide bonds. The Morgan fingerprint density at radius 3 is 2.16 bits per heavy atom. The van der Waals surface area contributed by atoms with Gasteiger partial charge in [0.05, 0.1) is 10.5 Å². The van der Waals surface area contributed by atoms with Crippen LogP contribution >= 0.6 is 15.9 Å². The van der Waals surface area contributed by atoms with Gasteiger partial charge >= 0.3 is 0 Å². The zero-order valence-corrected chi connectivity index (χ0v) is 13.2. The highest BCUT2D eigenvalue weighted by atomic mass is 79.9. The number of hydrogen-bond donors (Lipinski definition) is 0. The van der Waals surface area contributed by atoms with E-state index < -0.39 is 0 Å². The second-order valence-corrected chi connectivity index (χ2v) is 5.31. The van der Waals surface area contributed by atoms with Crippen LogP contribution < -0.4 is 0 Å². The Balaban J connectivity index is 0.000000191. The van der Waals surface area contributed by atoms with Crippen LogP contribution in [0.15, 0.2) is 48.8 Å². The minimum atomic E-state index is 0.411. The average molecular weight is 321 g/mol. The molecular weight excluding hydrogens is 300 g/mol. The van der Waals surface area contributed by atoms with Crippen molar-refractivity contribution >= 4 is 15.9 Å². The molecule has 0 fully saturated rings. The third kappa shape index (κ3) is 6.48. The Morgan fingerprint density at radius 1 is 1.00 bits per heavy atom. The maximum atomic E-state index is 4.20. The normalized spacial score (nSPS) is 11.3. The van der Waals surface area contributed by atoms with E-state index in [-0.39, 0.29) is 0 Å². The number of halogens is 1. The topological polar surface area (TPSA) is 25.8 Å². The summed E-state index contributed by atoms with van der Waals surface area (Å²) >= 11 is 3.52. The molecule has 2 heterocycles. The van der Waals surface area contributed by atoms with Gasteiger partial charge in [0.15, 0.2) is 0 Å². The van der Waals surface area contributed by atoms with Crippen molar-refractivity contribution in [2.45, 2.75) is 37.9 Å². The van der Waals surface area contributed by atoms with Gasteiger partial charge in [-0.2, -0.15) is 0 Å². The van der Waals surface area contributed by atoms with Gasteiger partial charge in [-0.05, 0) is 37.1 Å². The van der Waals surface area contributed by atoms with Crippen molar-refractivity contribution in [3.8, 4) is 0 Å². The summed E-state index contributed by atoms with van der Waals surface area (Å²) in [5, 5.41) is 0. The molecule has 2 nitrogen and oxygen atoms in total. The number of hydrogen-bond acceptors (Lipinski definition) is 2. The highest BCUT2D eigenvalue weighted by molar-refractivity contribution is 9.09. The molecule has 1 unspecified atom stereocenters. The third-order valence-corrected chi connectivity index (χ3v) is 3.72. The summed E-state index contributed by atoms with van der Waals surface area (Å²) < 4.78 is 0. The predicted octanol–water partition coefficient (Wildman–Crippen LogP) is 4.96. The molecule has 0 aliphatic carbocycles. The van der Waals surface area contributed by atoms with Gasteiger partial charge < -0.3 is 0 Å². The van der Waals surface area contributed by atoms with Gasteiger partial charge in [0.25, 0.3) is 0 Å². The van der Waals surface area contributed by atoms with E-state index in [1.54, 1.807) is 0 Å². The van der Waals surface area contributed by atoms with Gasteiger partial charge in [-0.3, -0.25) is 9.97 Å². The lowest BCUT2D eigenvalue weighted by molar-refractivity contribution is 0.873. The SMILES string of the molecule is CCC(Br)c1ccccn1.CCCc1ccccn1. The minimum Gasteiger partial charge on any atom is -0.261 e. The van der Waals surface area contributed by atoms with Crippen LogP contribution in [0.3, 0.4) is 0 Å². The molecule has 0 radical (unpaired) electrons. The number of aryl methyl sites for hydroxylation is 1. The summed E-state index contributed by atoms with van der Waals surface area (Å²) in [6.45, 7) is 4.29. The van der Waals surface area contributed by atoms with Crippen molar-refractivity contribution in [2.24, 2.45) is 0 Å². The van der Waals surface area contributed by atoms with Crippen molar-refractivity contribution in [2.75, 3.05) is 0 Å². The molecule has 0 saturated heterocycles. The summed E-state index contributed by atoms with van der Waals surface area (Å²) in [5.74, 6) is 0. The predicted molar refractivity (Wildman–Crippen MR) is 84.4 cm³/mol. The average Bonchev–Trinajstić information content (AvgIpc) is 2.49. The molecule has 1 atom stereocenters. The summed E-state index contributed by atoms with van der Waals surface area (Å²) in [4.78, 5) is 8.78. The second kappa shape index (κ2) is 9.68. The molecule has 19 heavy (non-hydrogen) atoms. The van der Waals surface area contributed by atoms with E-state index in [1.807, 2.05) is 42.7 Å². The van der Waals surface area contributed by atoms with Crippen molar-refractivity contribution < 1.29 is 0 Å². The molecule has 2 aromatic heterocycles. The molecule has 102 valence electrons. The fourth-order valence-corrected chi connectivity index (χ4v) is 1.84. The highest BCUT2D eigenvalue weighted by Crippen LogP contribution is 2.22. The number of aromatic nitrogens is 2. The quantitative estimate of drug-likeness (QED) is 0.744. The van der Waals surface area contributed by atoms with Crippen LogP contribution in [0.25, 0.3) is 0 Å². The number of rotatable bonds is 4. The van der Waals surface area contributed by atoms with Crippen molar-refractivity contribution in [1.29, 1.82) is 0 Å². The lowest BCUT2D eigenvalue weighted by Gasteiger charge is -2.03. The van der Waals surface area contributed by atoms with E-state index in [4.69, 9.17) is 0 Å². The van der Waals surface area contributed by atoms with Crippen molar-refractivity contribution in [3.05, 3.63) is 60.2 Å². The summed E-state index contributed by atoms with van der Waals surface area (Å²) in [6, 6.07) is 12.0. The monoisotopic (exact) mass is 320 g/mol. The summed E-state index contributed by atoms with van der Waals surface area (Å²) in [5.41, 5.74) is 2.31. The number of alkyl halides is 1. The third-order valence-electron chi connectivity index (χ3n) is 2.60. The molecule has 3 heteroatoms. The largest absolute Gasteiger partial charge is 0.261 e. The molecular formula is C16H21BrN2. The van der Waals surface area contributed by atoms with E-state index >= 15 is 0 Å². The van der Waals surface area contributed by atoms with Gasteiger partial charge in [-0.15, -0.1) is 0 Å². The molecule has 0 aromatic carbocycles. The molecule has 0 spiro atoms. The van der Waals surface area contributed by atoms with Crippen LogP contribution in [0.5, 0.6) is 0 Å². The highest BCUT2D eigenvalue weighted by Gasteiger charge is 2.02. The fraction of sp³-hybridized carbons (Fsp3) is 0.375.